The van der Waals surface area contributed by atoms with Crippen molar-refractivity contribution in [1.82, 2.24) is 4.98 Å². The van der Waals surface area contributed by atoms with Gasteiger partial charge in [-0.15, -0.1) is 0 Å². The maximum atomic E-state index is 13.2. The molecule has 0 bridgehead atoms. The molecular formula is C25H19ClN2O2. The van der Waals surface area contributed by atoms with Gasteiger partial charge < -0.3 is 9.82 Å². The largest absolute Gasteiger partial charge is 0.387 e. The third-order valence-corrected chi connectivity index (χ3v) is 5.68. The topological polar surface area (TPSA) is 54.5 Å². The van der Waals surface area contributed by atoms with Crippen molar-refractivity contribution in [1.29, 1.82) is 0 Å². The summed E-state index contributed by atoms with van der Waals surface area (Å²) in [5.74, 6) is 0. The number of nitrogens with one attached hydrogen (secondary N) is 1. The van der Waals surface area contributed by atoms with E-state index in [1.54, 1.807) is 6.07 Å². The Labute approximate surface area is 178 Å². The van der Waals surface area contributed by atoms with E-state index in [0.717, 1.165) is 27.6 Å². The lowest BCUT2D eigenvalue weighted by molar-refractivity contribution is 0.0857. The lowest BCUT2D eigenvalue weighted by atomic mass is 9.91. The second kappa shape index (κ2) is 7.47. The van der Waals surface area contributed by atoms with E-state index in [9.17, 15) is 4.79 Å². The van der Waals surface area contributed by atoms with Crippen molar-refractivity contribution in [2.45, 2.75) is 19.4 Å². The van der Waals surface area contributed by atoms with Gasteiger partial charge in [-0.05, 0) is 36.2 Å². The minimum Gasteiger partial charge on any atom is -0.387 e. The van der Waals surface area contributed by atoms with Gasteiger partial charge in [0.1, 0.15) is 0 Å². The molecule has 2 heterocycles. The van der Waals surface area contributed by atoms with Crippen molar-refractivity contribution in [3.63, 3.8) is 0 Å². The van der Waals surface area contributed by atoms with E-state index < -0.39 is 0 Å². The predicted molar refractivity (Wildman–Crippen MR) is 121 cm³/mol. The van der Waals surface area contributed by atoms with Crippen LogP contribution in [0.5, 0.6) is 0 Å². The molecule has 1 aromatic heterocycles. The van der Waals surface area contributed by atoms with Crippen LogP contribution >= 0.6 is 11.6 Å². The summed E-state index contributed by atoms with van der Waals surface area (Å²) in [5, 5.41) is 5.82. The highest BCUT2D eigenvalue weighted by atomic mass is 35.5. The number of oxime groups is 1. The summed E-state index contributed by atoms with van der Waals surface area (Å²) in [5.41, 5.74) is 5.72. The molecule has 3 aromatic carbocycles. The van der Waals surface area contributed by atoms with E-state index >= 15 is 0 Å². The van der Waals surface area contributed by atoms with Gasteiger partial charge in [-0.3, -0.25) is 4.79 Å². The summed E-state index contributed by atoms with van der Waals surface area (Å²) < 4.78 is 0. The molecule has 5 heteroatoms. The van der Waals surface area contributed by atoms with E-state index in [4.69, 9.17) is 16.4 Å². The highest BCUT2D eigenvalue weighted by Crippen LogP contribution is 2.35. The van der Waals surface area contributed by atoms with Crippen LogP contribution in [-0.2, 0) is 4.84 Å². The third-order valence-electron chi connectivity index (χ3n) is 5.45. The molecule has 4 aromatic rings. The number of H-pyrrole nitrogens is 1. The van der Waals surface area contributed by atoms with Crippen LogP contribution in [0.15, 0.2) is 82.7 Å². The first-order valence-corrected chi connectivity index (χ1v) is 10.2. The summed E-state index contributed by atoms with van der Waals surface area (Å²) >= 11 is 6.30. The molecule has 1 atom stereocenters. The zero-order valence-electron chi connectivity index (χ0n) is 16.4. The van der Waals surface area contributed by atoms with Crippen LogP contribution in [0.1, 0.15) is 29.2 Å². The molecule has 1 aliphatic rings. The molecule has 0 saturated carbocycles. The monoisotopic (exact) mass is 414 g/mol. The number of hydrogen-bond donors (Lipinski definition) is 1. The molecule has 0 radical (unpaired) electrons. The molecule has 0 amide bonds. The Morgan fingerprint density at radius 2 is 1.77 bits per heavy atom. The summed E-state index contributed by atoms with van der Waals surface area (Å²) in [6.45, 7) is 2.05. The Morgan fingerprint density at radius 3 is 2.53 bits per heavy atom. The molecule has 0 spiro atoms. The van der Waals surface area contributed by atoms with Crippen LogP contribution in [-0.4, -0.2) is 10.7 Å². The van der Waals surface area contributed by atoms with Crippen molar-refractivity contribution >= 4 is 28.2 Å². The molecule has 30 heavy (non-hydrogen) atoms. The number of rotatable bonds is 3. The maximum absolute atomic E-state index is 13.2. The van der Waals surface area contributed by atoms with Gasteiger partial charge in [-0.1, -0.05) is 76.9 Å². The Balaban J connectivity index is 1.67. The number of pyridine rings is 1. The first kappa shape index (κ1) is 18.6. The van der Waals surface area contributed by atoms with Crippen molar-refractivity contribution in [2.75, 3.05) is 0 Å². The smallest absolute Gasteiger partial charge is 0.258 e. The number of fused-ring (bicyclic) bond motifs is 1. The van der Waals surface area contributed by atoms with Crippen molar-refractivity contribution < 1.29 is 4.84 Å². The Morgan fingerprint density at radius 1 is 1.00 bits per heavy atom. The Bertz CT molecular complexity index is 1330. The fourth-order valence-electron chi connectivity index (χ4n) is 3.93. The average Bonchev–Trinajstić information content (AvgIpc) is 3.24. The highest BCUT2D eigenvalue weighted by Gasteiger charge is 2.28. The third kappa shape index (κ3) is 3.29. The molecule has 1 N–H and O–H groups in total. The SMILES string of the molecule is Cc1ccc(C2CC(c3c(-c4ccccc4)c4cc(Cl)ccc4[nH]c3=O)=NO2)cc1. The standard InChI is InChI=1S/C25H19ClN2O2/c1-15-7-9-16(10-8-15)22-14-21(28-30-22)24-23(17-5-3-2-4-6-17)19-13-18(26)11-12-20(19)27-25(24)29/h2-13,22H,14H2,1H3,(H,27,29). The van der Waals surface area contributed by atoms with Crippen molar-refractivity contribution in [3.8, 4) is 11.1 Å². The molecule has 148 valence electrons. The minimum atomic E-state index is -0.210. The number of aryl methyl sites for hydroxylation is 1. The summed E-state index contributed by atoms with van der Waals surface area (Å²) in [7, 11) is 0. The van der Waals surface area contributed by atoms with Gasteiger partial charge in [0.25, 0.3) is 5.56 Å². The summed E-state index contributed by atoms with van der Waals surface area (Å²) in [6.07, 6.45) is 0.316. The van der Waals surface area contributed by atoms with E-state index in [1.165, 1.54) is 5.56 Å². The van der Waals surface area contributed by atoms with Gasteiger partial charge in [0.05, 0.1) is 11.3 Å². The van der Waals surface area contributed by atoms with Gasteiger partial charge >= 0.3 is 0 Å². The van der Waals surface area contributed by atoms with Crippen LogP contribution < -0.4 is 5.56 Å². The number of aromatic amines is 1. The zero-order chi connectivity index (χ0) is 20.7. The molecule has 4 nitrogen and oxygen atoms in total. The zero-order valence-corrected chi connectivity index (χ0v) is 17.1. The number of benzene rings is 3. The number of halogens is 1. The fourth-order valence-corrected chi connectivity index (χ4v) is 4.10. The normalized spacial score (nSPS) is 15.8. The van der Waals surface area contributed by atoms with Crippen LogP contribution in [0.4, 0.5) is 0 Å². The van der Waals surface area contributed by atoms with E-state index in [0.29, 0.717) is 22.7 Å². The van der Waals surface area contributed by atoms with Crippen LogP contribution in [0, 0.1) is 6.92 Å². The molecule has 0 aliphatic carbocycles. The summed E-state index contributed by atoms with van der Waals surface area (Å²) in [4.78, 5) is 21.9. The van der Waals surface area contributed by atoms with Gasteiger partial charge in [0.15, 0.2) is 6.10 Å². The van der Waals surface area contributed by atoms with Gasteiger partial charge in [0.2, 0.25) is 0 Å². The second-order valence-corrected chi connectivity index (χ2v) is 7.94. The minimum absolute atomic E-state index is 0.185. The van der Waals surface area contributed by atoms with Crippen molar-refractivity contribution in [3.05, 3.63) is 105 Å². The lowest BCUT2D eigenvalue weighted by Gasteiger charge is -2.13. The number of nitrogens with zero attached hydrogens (tertiary/aromatic N) is 1. The molecule has 1 unspecified atom stereocenters. The first-order chi connectivity index (χ1) is 14.6. The number of aromatic nitrogens is 1. The molecule has 0 fully saturated rings. The molecule has 0 saturated heterocycles. The first-order valence-electron chi connectivity index (χ1n) is 9.81. The van der Waals surface area contributed by atoms with Crippen LogP contribution in [0.2, 0.25) is 5.02 Å². The lowest BCUT2D eigenvalue weighted by Crippen LogP contribution is -2.20. The fraction of sp³-hybridized carbons (Fsp3) is 0.120. The highest BCUT2D eigenvalue weighted by molar-refractivity contribution is 6.31. The summed E-state index contributed by atoms with van der Waals surface area (Å²) in [6, 6.07) is 23.5. The van der Waals surface area contributed by atoms with Gasteiger partial charge in [-0.25, -0.2) is 0 Å². The Kier molecular flexibility index (Phi) is 4.64. The molecule has 1 aliphatic heterocycles. The molecular weight excluding hydrogens is 396 g/mol. The number of hydrogen-bond acceptors (Lipinski definition) is 3. The van der Waals surface area contributed by atoms with E-state index in [1.807, 2.05) is 61.5 Å². The van der Waals surface area contributed by atoms with Gasteiger partial charge in [-0.2, -0.15) is 0 Å². The Hall–Kier alpha value is -3.37. The van der Waals surface area contributed by atoms with Crippen LogP contribution in [0.3, 0.4) is 0 Å². The maximum Gasteiger partial charge on any atom is 0.258 e. The van der Waals surface area contributed by atoms with Crippen LogP contribution in [0.25, 0.3) is 22.0 Å². The quantitative estimate of drug-likeness (QED) is 0.445. The van der Waals surface area contributed by atoms with E-state index in [-0.39, 0.29) is 11.7 Å². The average molecular weight is 415 g/mol. The predicted octanol–water partition coefficient (Wildman–Crippen LogP) is 6.02. The van der Waals surface area contributed by atoms with E-state index in [2.05, 4.69) is 22.3 Å². The molecule has 5 rings (SSSR count). The van der Waals surface area contributed by atoms with Gasteiger partial charge in [0, 0.05) is 27.9 Å². The second-order valence-electron chi connectivity index (χ2n) is 7.51. The van der Waals surface area contributed by atoms with Crippen molar-refractivity contribution in [2.24, 2.45) is 5.16 Å².